The molecule has 1 aliphatic heterocycles. The number of nitrogens with two attached hydrogens (primary N) is 1. The number of benzene rings is 1. The molecule has 0 spiro atoms. The molecule has 19 heavy (non-hydrogen) atoms. The summed E-state index contributed by atoms with van der Waals surface area (Å²) in [4.78, 5) is 4.87. The van der Waals surface area contributed by atoms with Gasteiger partial charge in [0, 0.05) is 25.2 Å². The second-order valence-corrected chi connectivity index (χ2v) is 6.01. The summed E-state index contributed by atoms with van der Waals surface area (Å²) in [6.07, 6.45) is 2.33. The highest BCUT2D eigenvalue weighted by molar-refractivity contribution is 5.23. The predicted octanol–water partition coefficient (Wildman–Crippen LogP) is 2.02. The minimum absolute atomic E-state index is 0.166. The molecule has 3 nitrogen and oxygen atoms in total. The van der Waals surface area contributed by atoms with E-state index in [1.807, 2.05) is 0 Å². The smallest absolute Gasteiger partial charge is 0.0307 e. The minimum atomic E-state index is 0.166. The lowest BCUT2D eigenvalue weighted by molar-refractivity contribution is 0.263. The zero-order valence-electron chi connectivity index (χ0n) is 12.5. The molecule has 0 saturated carbocycles. The maximum absolute atomic E-state index is 6.28. The minimum Gasteiger partial charge on any atom is -0.324 e. The Kier molecular flexibility index (Phi) is 4.97. The van der Waals surface area contributed by atoms with Gasteiger partial charge in [-0.15, -0.1) is 0 Å². The van der Waals surface area contributed by atoms with E-state index >= 15 is 0 Å². The number of likely N-dealkylation sites (N-methyl/N-ethyl adjacent to an activating group) is 1. The first kappa shape index (κ1) is 14.5. The van der Waals surface area contributed by atoms with Crippen molar-refractivity contribution in [2.75, 3.05) is 33.7 Å². The van der Waals surface area contributed by atoms with Crippen molar-refractivity contribution in [2.24, 2.45) is 5.73 Å². The molecule has 0 bridgehead atoms. The molecular formula is C16H27N3. The summed E-state index contributed by atoms with van der Waals surface area (Å²) in [7, 11) is 4.35. The maximum Gasteiger partial charge on any atom is 0.0307 e. The number of rotatable bonds is 5. The van der Waals surface area contributed by atoms with Gasteiger partial charge in [0.1, 0.15) is 0 Å². The molecule has 1 saturated heterocycles. The van der Waals surface area contributed by atoms with E-state index in [0.29, 0.717) is 0 Å². The molecule has 106 valence electrons. The molecule has 1 heterocycles. The number of aryl methyl sites for hydroxylation is 1. The van der Waals surface area contributed by atoms with Crippen molar-refractivity contribution in [3.05, 3.63) is 35.4 Å². The average molecular weight is 261 g/mol. The Morgan fingerprint density at radius 1 is 1.32 bits per heavy atom. The molecular weight excluding hydrogens is 234 g/mol. The third-order valence-electron chi connectivity index (χ3n) is 4.24. The van der Waals surface area contributed by atoms with E-state index in [-0.39, 0.29) is 6.04 Å². The van der Waals surface area contributed by atoms with Gasteiger partial charge in [0.15, 0.2) is 0 Å². The van der Waals surface area contributed by atoms with E-state index in [1.54, 1.807) is 0 Å². The van der Waals surface area contributed by atoms with Gasteiger partial charge in [-0.2, -0.15) is 0 Å². The fourth-order valence-corrected chi connectivity index (χ4v) is 2.74. The van der Waals surface area contributed by atoms with Crippen molar-refractivity contribution in [2.45, 2.75) is 31.8 Å². The van der Waals surface area contributed by atoms with Crippen molar-refractivity contribution < 1.29 is 0 Å². The molecule has 0 aliphatic carbocycles. The second-order valence-electron chi connectivity index (χ2n) is 6.01. The van der Waals surface area contributed by atoms with Crippen molar-refractivity contribution in [3.63, 3.8) is 0 Å². The van der Waals surface area contributed by atoms with Gasteiger partial charge < -0.3 is 15.5 Å². The molecule has 1 aromatic carbocycles. The van der Waals surface area contributed by atoms with Gasteiger partial charge in [-0.3, -0.25) is 0 Å². The number of nitrogens with zero attached hydrogens (tertiary/aromatic N) is 2. The molecule has 1 fully saturated rings. The molecule has 1 aliphatic rings. The Hall–Kier alpha value is -0.900. The molecule has 2 rings (SSSR count). The predicted molar refractivity (Wildman–Crippen MR) is 81.3 cm³/mol. The lowest BCUT2D eigenvalue weighted by Crippen LogP contribution is -2.32. The van der Waals surface area contributed by atoms with Crippen LogP contribution in [0.4, 0.5) is 0 Å². The summed E-state index contributed by atoms with van der Waals surface area (Å²) in [5.74, 6) is 0. The van der Waals surface area contributed by atoms with Crippen molar-refractivity contribution >= 4 is 0 Å². The summed E-state index contributed by atoms with van der Waals surface area (Å²) in [6.45, 7) is 5.62. The summed E-state index contributed by atoms with van der Waals surface area (Å²) in [6, 6.07) is 9.49. The molecule has 2 atom stereocenters. The Balaban J connectivity index is 1.78. The summed E-state index contributed by atoms with van der Waals surface area (Å²) in [5, 5.41) is 0. The lowest BCUT2D eigenvalue weighted by Gasteiger charge is -2.21. The molecule has 1 aromatic rings. The van der Waals surface area contributed by atoms with Crippen molar-refractivity contribution in [1.82, 2.24) is 9.80 Å². The first-order valence-electron chi connectivity index (χ1n) is 7.27. The van der Waals surface area contributed by atoms with E-state index in [4.69, 9.17) is 5.73 Å². The average Bonchev–Trinajstić information content (AvgIpc) is 2.86. The quantitative estimate of drug-likeness (QED) is 0.880. The molecule has 0 radical (unpaired) electrons. The molecule has 2 N–H and O–H groups in total. The number of likely N-dealkylation sites (tertiary alicyclic amines) is 1. The van der Waals surface area contributed by atoms with Gasteiger partial charge in [0.25, 0.3) is 0 Å². The van der Waals surface area contributed by atoms with Gasteiger partial charge >= 0.3 is 0 Å². The van der Waals surface area contributed by atoms with E-state index < -0.39 is 0 Å². The third-order valence-corrected chi connectivity index (χ3v) is 4.24. The standard InChI is InChI=1S/C16H27N3/c1-13-4-6-14(7-5-13)16(17)9-11-19-10-8-15(12-19)18(2)3/h4-7,15-16H,8-12,17H2,1-3H3. The van der Waals surface area contributed by atoms with Gasteiger partial charge in [0.2, 0.25) is 0 Å². The van der Waals surface area contributed by atoms with Crippen LogP contribution < -0.4 is 5.73 Å². The number of hydrogen-bond acceptors (Lipinski definition) is 3. The van der Waals surface area contributed by atoms with Crippen LogP contribution in [0.15, 0.2) is 24.3 Å². The highest BCUT2D eigenvalue weighted by Gasteiger charge is 2.23. The summed E-state index contributed by atoms with van der Waals surface area (Å²) in [5.41, 5.74) is 8.83. The van der Waals surface area contributed by atoms with E-state index in [2.05, 4.69) is 55.1 Å². The number of hydrogen-bond donors (Lipinski definition) is 1. The van der Waals surface area contributed by atoms with E-state index in [1.165, 1.54) is 30.6 Å². The first-order chi connectivity index (χ1) is 9.06. The van der Waals surface area contributed by atoms with E-state index in [9.17, 15) is 0 Å². The van der Waals surface area contributed by atoms with Crippen LogP contribution in [0.1, 0.15) is 30.0 Å². The van der Waals surface area contributed by atoms with Crippen LogP contribution in [-0.2, 0) is 0 Å². The summed E-state index contributed by atoms with van der Waals surface area (Å²) >= 11 is 0. The van der Waals surface area contributed by atoms with E-state index in [0.717, 1.165) is 19.0 Å². The topological polar surface area (TPSA) is 32.5 Å². The Morgan fingerprint density at radius 3 is 2.58 bits per heavy atom. The second kappa shape index (κ2) is 6.51. The third kappa shape index (κ3) is 4.03. The van der Waals surface area contributed by atoms with Gasteiger partial charge in [0.05, 0.1) is 0 Å². The van der Waals surface area contributed by atoms with Gasteiger partial charge in [-0.05, 0) is 46.0 Å². The zero-order valence-corrected chi connectivity index (χ0v) is 12.5. The fraction of sp³-hybridized carbons (Fsp3) is 0.625. The molecule has 3 heteroatoms. The molecule has 2 unspecified atom stereocenters. The molecule has 0 amide bonds. The Bertz CT molecular complexity index is 385. The Morgan fingerprint density at radius 2 is 2.00 bits per heavy atom. The van der Waals surface area contributed by atoms with Crippen molar-refractivity contribution in [1.29, 1.82) is 0 Å². The van der Waals surface area contributed by atoms with Crippen LogP contribution in [0.25, 0.3) is 0 Å². The maximum atomic E-state index is 6.28. The van der Waals surface area contributed by atoms with Crippen LogP contribution in [0.5, 0.6) is 0 Å². The van der Waals surface area contributed by atoms with Gasteiger partial charge in [-0.1, -0.05) is 29.8 Å². The fourth-order valence-electron chi connectivity index (χ4n) is 2.74. The lowest BCUT2D eigenvalue weighted by atomic mass is 10.0. The van der Waals surface area contributed by atoms with Crippen molar-refractivity contribution in [3.8, 4) is 0 Å². The zero-order chi connectivity index (χ0) is 13.8. The largest absolute Gasteiger partial charge is 0.324 e. The van der Waals surface area contributed by atoms with Crippen LogP contribution in [0.3, 0.4) is 0 Å². The van der Waals surface area contributed by atoms with Gasteiger partial charge in [-0.25, -0.2) is 0 Å². The highest BCUT2D eigenvalue weighted by atomic mass is 15.2. The van der Waals surface area contributed by atoms with Crippen LogP contribution in [-0.4, -0.2) is 49.6 Å². The SMILES string of the molecule is Cc1ccc(C(N)CCN2CCC(N(C)C)C2)cc1. The Labute approximate surface area is 117 Å². The first-order valence-corrected chi connectivity index (χ1v) is 7.27. The summed E-state index contributed by atoms with van der Waals surface area (Å²) < 4.78 is 0. The normalized spacial score (nSPS) is 22.1. The van der Waals surface area contributed by atoms with Crippen LogP contribution >= 0.6 is 0 Å². The van der Waals surface area contributed by atoms with Crippen LogP contribution in [0.2, 0.25) is 0 Å². The highest BCUT2D eigenvalue weighted by Crippen LogP contribution is 2.18. The monoisotopic (exact) mass is 261 g/mol. The van der Waals surface area contributed by atoms with Crippen LogP contribution in [0, 0.1) is 6.92 Å². The molecule has 0 aromatic heterocycles.